The largest absolute Gasteiger partial charge is 0.397 e. The second kappa shape index (κ2) is 3.91. The fourth-order valence-corrected chi connectivity index (χ4v) is 1.74. The molecule has 76 valence electrons. The summed E-state index contributed by atoms with van der Waals surface area (Å²) < 4.78 is 0. The van der Waals surface area contributed by atoms with Crippen LogP contribution in [0.5, 0.6) is 0 Å². The van der Waals surface area contributed by atoms with E-state index in [1.165, 1.54) is 24.8 Å². The Balaban J connectivity index is 1.92. The van der Waals surface area contributed by atoms with Gasteiger partial charge in [0, 0.05) is 6.54 Å². The van der Waals surface area contributed by atoms with Gasteiger partial charge in [-0.25, -0.2) is 0 Å². The molecule has 0 radical (unpaired) electrons. The Labute approximate surface area is 85.5 Å². The molecule has 1 fully saturated rings. The van der Waals surface area contributed by atoms with Crippen LogP contribution in [0.3, 0.4) is 0 Å². The van der Waals surface area contributed by atoms with E-state index < -0.39 is 0 Å². The van der Waals surface area contributed by atoms with Gasteiger partial charge in [-0.3, -0.25) is 0 Å². The molecule has 2 heteroatoms. The molecule has 1 aromatic carbocycles. The summed E-state index contributed by atoms with van der Waals surface area (Å²) in [7, 11) is 0. The van der Waals surface area contributed by atoms with Crippen LogP contribution in [0.2, 0.25) is 0 Å². The molecule has 14 heavy (non-hydrogen) atoms. The average molecular weight is 190 g/mol. The lowest BCUT2D eigenvalue weighted by molar-refractivity contribution is 0.760. The van der Waals surface area contributed by atoms with Crippen molar-refractivity contribution in [2.24, 2.45) is 5.92 Å². The lowest BCUT2D eigenvalue weighted by Gasteiger charge is -2.11. The van der Waals surface area contributed by atoms with Crippen LogP contribution in [0.15, 0.2) is 18.2 Å². The first-order valence-corrected chi connectivity index (χ1v) is 5.36. The molecule has 0 bridgehead atoms. The van der Waals surface area contributed by atoms with Crippen molar-refractivity contribution in [3.8, 4) is 0 Å². The zero-order chi connectivity index (χ0) is 9.97. The Bertz CT molecular complexity index is 296. The molecule has 3 N–H and O–H groups in total. The molecule has 1 saturated carbocycles. The van der Waals surface area contributed by atoms with E-state index in [-0.39, 0.29) is 0 Å². The van der Waals surface area contributed by atoms with Gasteiger partial charge in [-0.15, -0.1) is 0 Å². The van der Waals surface area contributed by atoms with E-state index in [0.717, 1.165) is 23.8 Å². The molecule has 0 heterocycles. The van der Waals surface area contributed by atoms with Crippen LogP contribution in [0, 0.1) is 12.8 Å². The number of hydrogen-bond acceptors (Lipinski definition) is 2. The van der Waals surface area contributed by atoms with Crippen molar-refractivity contribution in [2.75, 3.05) is 17.6 Å². The fourth-order valence-electron chi connectivity index (χ4n) is 1.74. The molecule has 1 aliphatic rings. The number of aryl methyl sites for hydroxylation is 1. The second-order valence-electron chi connectivity index (χ2n) is 4.20. The molecule has 1 aromatic rings. The van der Waals surface area contributed by atoms with Crippen LogP contribution in [0.25, 0.3) is 0 Å². The van der Waals surface area contributed by atoms with Gasteiger partial charge < -0.3 is 11.1 Å². The molecule has 0 aromatic heterocycles. The Morgan fingerprint density at radius 2 is 2.21 bits per heavy atom. The number of para-hydroxylation sites is 1. The summed E-state index contributed by atoms with van der Waals surface area (Å²) in [5.74, 6) is 0.979. The minimum absolute atomic E-state index is 0.862. The van der Waals surface area contributed by atoms with Crippen LogP contribution < -0.4 is 11.1 Å². The predicted octanol–water partition coefficient (Wildman–Crippen LogP) is 2.79. The first kappa shape index (κ1) is 9.38. The Morgan fingerprint density at radius 3 is 2.86 bits per heavy atom. The highest BCUT2D eigenvalue weighted by Gasteiger charge is 2.20. The van der Waals surface area contributed by atoms with Gasteiger partial charge in [-0.2, -0.15) is 0 Å². The quantitative estimate of drug-likeness (QED) is 0.716. The Kier molecular flexibility index (Phi) is 2.62. The second-order valence-corrected chi connectivity index (χ2v) is 4.20. The molecule has 0 aliphatic heterocycles. The fraction of sp³-hybridized carbons (Fsp3) is 0.500. The number of nitrogens with two attached hydrogens (primary N) is 1. The van der Waals surface area contributed by atoms with Crippen LogP contribution >= 0.6 is 0 Å². The average Bonchev–Trinajstić information content (AvgIpc) is 2.94. The topological polar surface area (TPSA) is 38.0 Å². The molecule has 0 saturated heterocycles. The zero-order valence-electron chi connectivity index (χ0n) is 8.72. The van der Waals surface area contributed by atoms with Crippen LogP contribution in [-0.4, -0.2) is 6.54 Å². The van der Waals surface area contributed by atoms with Gasteiger partial charge in [-0.05, 0) is 30.9 Å². The summed E-state index contributed by atoms with van der Waals surface area (Å²) in [6.45, 7) is 3.15. The van der Waals surface area contributed by atoms with E-state index in [9.17, 15) is 0 Å². The third kappa shape index (κ3) is 2.19. The van der Waals surface area contributed by atoms with E-state index in [1.54, 1.807) is 0 Å². The first-order valence-electron chi connectivity index (χ1n) is 5.36. The van der Waals surface area contributed by atoms with E-state index in [2.05, 4.69) is 18.3 Å². The molecular formula is C12H18N2. The maximum Gasteiger partial charge on any atom is 0.0603 e. The van der Waals surface area contributed by atoms with Gasteiger partial charge in [0.2, 0.25) is 0 Å². The van der Waals surface area contributed by atoms with Crippen molar-refractivity contribution >= 4 is 11.4 Å². The number of hydrogen-bond donors (Lipinski definition) is 2. The molecule has 1 aliphatic carbocycles. The first-order chi connectivity index (χ1) is 6.77. The summed E-state index contributed by atoms with van der Waals surface area (Å²) in [6, 6.07) is 6.04. The molecule has 0 spiro atoms. The van der Waals surface area contributed by atoms with Gasteiger partial charge in [0.05, 0.1) is 11.4 Å². The molecular weight excluding hydrogens is 172 g/mol. The van der Waals surface area contributed by atoms with E-state index in [0.29, 0.717) is 0 Å². The highest BCUT2D eigenvalue weighted by Crippen LogP contribution is 2.32. The van der Waals surface area contributed by atoms with Crippen molar-refractivity contribution in [3.63, 3.8) is 0 Å². The summed E-state index contributed by atoms with van der Waals surface area (Å²) in [4.78, 5) is 0. The summed E-state index contributed by atoms with van der Waals surface area (Å²) >= 11 is 0. The summed E-state index contributed by atoms with van der Waals surface area (Å²) in [6.07, 6.45) is 4.13. The van der Waals surface area contributed by atoms with Crippen LogP contribution in [-0.2, 0) is 0 Å². The van der Waals surface area contributed by atoms with Crippen molar-refractivity contribution in [2.45, 2.75) is 26.2 Å². The summed E-state index contributed by atoms with van der Waals surface area (Å²) in [5.41, 5.74) is 9.11. The minimum Gasteiger partial charge on any atom is -0.397 e. The Hall–Kier alpha value is -1.18. The highest BCUT2D eigenvalue weighted by atomic mass is 14.9. The van der Waals surface area contributed by atoms with Crippen LogP contribution in [0.1, 0.15) is 24.8 Å². The Morgan fingerprint density at radius 1 is 1.43 bits per heavy atom. The van der Waals surface area contributed by atoms with Gasteiger partial charge in [0.25, 0.3) is 0 Å². The van der Waals surface area contributed by atoms with Gasteiger partial charge in [-0.1, -0.05) is 25.0 Å². The number of nitrogen functional groups attached to an aromatic ring is 1. The smallest absolute Gasteiger partial charge is 0.0603 e. The number of benzene rings is 1. The lowest BCUT2D eigenvalue weighted by atomic mass is 10.1. The third-order valence-electron chi connectivity index (χ3n) is 2.86. The number of rotatable bonds is 4. The summed E-state index contributed by atoms with van der Waals surface area (Å²) in [5, 5.41) is 3.43. The lowest BCUT2D eigenvalue weighted by Crippen LogP contribution is -2.06. The maximum absolute atomic E-state index is 5.89. The van der Waals surface area contributed by atoms with E-state index in [4.69, 9.17) is 5.73 Å². The zero-order valence-corrected chi connectivity index (χ0v) is 8.72. The van der Waals surface area contributed by atoms with Crippen molar-refractivity contribution in [1.82, 2.24) is 0 Å². The van der Waals surface area contributed by atoms with E-state index in [1.807, 2.05) is 12.1 Å². The minimum atomic E-state index is 0.862. The number of nitrogens with one attached hydrogen (secondary N) is 1. The van der Waals surface area contributed by atoms with Gasteiger partial charge >= 0.3 is 0 Å². The monoisotopic (exact) mass is 190 g/mol. The third-order valence-corrected chi connectivity index (χ3v) is 2.86. The predicted molar refractivity (Wildman–Crippen MR) is 61.4 cm³/mol. The standard InChI is InChI=1S/C12H18N2/c1-9-3-2-4-11(13)12(9)14-8-7-10-5-6-10/h2-4,10,14H,5-8,13H2,1H3. The maximum atomic E-state index is 5.89. The molecule has 0 unspecified atom stereocenters. The number of anilines is 2. The van der Waals surface area contributed by atoms with Crippen molar-refractivity contribution in [1.29, 1.82) is 0 Å². The molecule has 0 amide bonds. The molecule has 2 nitrogen and oxygen atoms in total. The van der Waals surface area contributed by atoms with Crippen molar-refractivity contribution in [3.05, 3.63) is 23.8 Å². The van der Waals surface area contributed by atoms with Gasteiger partial charge in [0.15, 0.2) is 0 Å². The van der Waals surface area contributed by atoms with Crippen molar-refractivity contribution < 1.29 is 0 Å². The van der Waals surface area contributed by atoms with Gasteiger partial charge in [0.1, 0.15) is 0 Å². The molecule has 2 rings (SSSR count). The normalized spacial score (nSPS) is 15.5. The van der Waals surface area contributed by atoms with E-state index >= 15 is 0 Å². The molecule has 0 atom stereocenters. The highest BCUT2D eigenvalue weighted by molar-refractivity contribution is 5.69. The SMILES string of the molecule is Cc1cccc(N)c1NCCC1CC1. The van der Waals surface area contributed by atoms with Crippen LogP contribution in [0.4, 0.5) is 11.4 Å².